The van der Waals surface area contributed by atoms with E-state index in [9.17, 15) is 10.1 Å². The molecule has 21 rings (SSSR count). The van der Waals surface area contributed by atoms with Gasteiger partial charge in [0.15, 0.2) is 28.8 Å². The molecule has 0 atom stereocenters. The average molecular weight is 1810 g/mol. The fraction of sp³-hybridized carbons (Fsp3) is 0.0381. The number of oxazole rings is 5. The maximum absolute atomic E-state index is 10.7. The molecule has 672 valence electrons. The molecule has 0 radical (unpaired) electrons. The van der Waals surface area contributed by atoms with E-state index in [0.29, 0.717) is 140 Å². The van der Waals surface area contributed by atoms with Gasteiger partial charge in [-0.05, 0) is 145 Å². The fourth-order valence-corrected chi connectivity index (χ4v) is 13.1. The summed E-state index contributed by atoms with van der Waals surface area (Å²) >= 11 is 0. The van der Waals surface area contributed by atoms with Crippen molar-refractivity contribution in [3.63, 3.8) is 0 Å². The predicted octanol–water partition coefficient (Wildman–Crippen LogP) is 24.2. The van der Waals surface area contributed by atoms with Crippen molar-refractivity contribution in [2.45, 2.75) is 6.61 Å². The summed E-state index contributed by atoms with van der Waals surface area (Å²) in [6.45, 7) is 0.505. The highest BCUT2D eigenvalue weighted by Gasteiger charge is 2.19. The SMILES string of the molecule is COc1cc(Nc2nccc(-c3cnc(-c4ccccc4)o3)n2)cc(OC)c1.COc1cccc(Nc2nccc(-c3cnc(-c4ccccc4)o3)n2)c1.O=[N+]([O-])c1ccc(Nc2nccc(-c3cnc(-c4ccccc4)o3)n2)cc1.c1ccc(COc2cccc(Nc3nccc(-c4cnc(-c5ccccc5)o4)n3)c2)cc1.c1ccc(Nc2nccc(-c3cnc(-c4ccccc4)o3)n2)cc1. The molecular weight excluding hydrogens is 1730 g/mol. The Hall–Kier alpha value is -19.5. The second-order valence-electron chi connectivity index (χ2n) is 29.2. The first-order chi connectivity index (χ1) is 67.5. The van der Waals surface area contributed by atoms with Crippen LogP contribution < -0.4 is 45.5 Å². The van der Waals surface area contributed by atoms with Crippen LogP contribution in [0.1, 0.15) is 5.56 Å². The Morgan fingerprint density at radius 2 is 0.526 bits per heavy atom. The molecule has 10 aromatic heterocycles. The third kappa shape index (κ3) is 24.7. The summed E-state index contributed by atoms with van der Waals surface area (Å²) in [4.78, 5) is 75.7. The highest BCUT2D eigenvalue weighted by Crippen LogP contribution is 2.35. The van der Waals surface area contributed by atoms with Crippen LogP contribution in [0.15, 0.2) is 418 Å². The van der Waals surface area contributed by atoms with Gasteiger partial charge in [-0.2, -0.15) is 0 Å². The molecule has 21 aromatic rings. The number of ether oxygens (including phenoxy) is 4. The molecule has 0 aliphatic rings. The van der Waals surface area contributed by atoms with Crippen LogP contribution in [-0.4, -0.2) is 101 Å². The zero-order chi connectivity index (χ0) is 93.5. The van der Waals surface area contributed by atoms with Crippen molar-refractivity contribution < 1.29 is 46.0 Å². The van der Waals surface area contributed by atoms with Crippen molar-refractivity contribution in [3.05, 3.63) is 411 Å². The summed E-state index contributed by atoms with van der Waals surface area (Å²) in [5.41, 5.74) is 12.8. The maximum Gasteiger partial charge on any atom is 0.269 e. The number of aromatic nitrogens is 15. The first kappa shape index (κ1) is 89.5. The molecule has 0 saturated heterocycles. The number of hydrogen-bond donors (Lipinski definition) is 5. The van der Waals surface area contributed by atoms with Gasteiger partial charge in [0.25, 0.3) is 5.69 Å². The van der Waals surface area contributed by atoms with E-state index < -0.39 is 4.92 Å². The smallest absolute Gasteiger partial charge is 0.269 e. The van der Waals surface area contributed by atoms with Crippen LogP contribution >= 0.6 is 0 Å². The summed E-state index contributed by atoms with van der Waals surface area (Å²) in [5, 5.41) is 26.4. The number of nitrogens with zero attached hydrogens (tertiary/aromatic N) is 16. The van der Waals surface area contributed by atoms with Gasteiger partial charge in [0.2, 0.25) is 59.2 Å². The topological polar surface area (TPSA) is 399 Å². The Morgan fingerprint density at radius 1 is 0.263 bits per heavy atom. The Bertz CT molecular complexity index is 7440. The van der Waals surface area contributed by atoms with Crippen molar-refractivity contribution in [1.29, 1.82) is 0 Å². The minimum atomic E-state index is -0.449. The van der Waals surface area contributed by atoms with Gasteiger partial charge in [-0.1, -0.05) is 152 Å². The highest BCUT2D eigenvalue weighted by molar-refractivity contribution is 5.69. The summed E-state index contributed by atoms with van der Waals surface area (Å²) in [6, 6.07) is 104. The minimum absolute atomic E-state index is 0.0188. The summed E-state index contributed by atoms with van der Waals surface area (Å²) in [5.74, 6) is 10.6. The number of hydrogen-bond acceptors (Lipinski definition) is 31. The number of nitro groups is 1. The lowest BCUT2D eigenvalue weighted by atomic mass is 10.2. The second kappa shape index (κ2) is 44.7. The molecule has 137 heavy (non-hydrogen) atoms. The number of anilines is 10. The van der Waals surface area contributed by atoms with Crippen LogP contribution in [0.3, 0.4) is 0 Å². The standard InChI is InChI=1S/C26H20N4O2.C21H18N4O3.C20H16N4O2.C19H13N5O3.C19H14N4O/c1-3-8-19(9-4-1)18-31-22-13-7-12-21(16-22)29-26-27-15-14-23(30-26)24-17-28-25(32-24)20-10-5-2-6-11-20;1-26-16-10-15(11-17(12-16)27-2)24-21-22-9-8-18(25-21)19-13-23-20(28-19)14-6-4-3-5-7-14;1-25-16-9-5-8-15(12-16)23-20-21-11-10-17(24-20)18-13-22-19(26-18)14-6-3-2-4-7-14;25-24(26)15-8-6-14(7-9-15)22-19-20-11-10-16(23-19)17-12-21-18(27-17)13-4-2-1-3-5-13;1-3-7-14(8-4-1)18-21-13-17(24-18)16-11-12-20-19(23-16)22-15-9-5-2-6-10-15/h1-17H,18H2,(H,27,29,30);3-13H,1-2H3,(H,22,24,25);2-13H,1H3,(H,21,23,24);1-12H,(H,20,22,23);1-13H,(H,20,22,23). The maximum atomic E-state index is 10.7. The monoisotopic (exact) mass is 1810 g/mol. The number of nitro benzene ring substituents is 1. The van der Waals surface area contributed by atoms with Crippen molar-refractivity contribution >= 4 is 63.9 Å². The highest BCUT2D eigenvalue weighted by atomic mass is 16.6. The molecule has 5 N–H and O–H groups in total. The van der Waals surface area contributed by atoms with E-state index in [1.165, 1.54) is 12.1 Å². The van der Waals surface area contributed by atoms with E-state index in [4.69, 9.17) is 41.0 Å². The van der Waals surface area contributed by atoms with E-state index in [1.807, 2.05) is 273 Å². The number of benzene rings is 11. The Kier molecular flexibility index (Phi) is 29.2. The first-order valence-electron chi connectivity index (χ1n) is 42.5. The van der Waals surface area contributed by atoms with Gasteiger partial charge in [0.1, 0.15) is 58.1 Å². The van der Waals surface area contributed by atoms with Gasteiger partial charge in [-0.3, -0.25) is 10.1 Å². The molecule has 32 heteroatoms. The molecule has 0 amide bonds. The molecule has 0 aliphatic heterocycles. The second-order valence-corrected chi connectivity index (χ2v) is 29.2. The molecule has 32 nitrogen and oxygen atoms in total. The third-order valence-electron chi connectivity index (χ3n) is 19.8. The van der Waals surface area contributed by atoms with Gasteiger partial charge in [0.05, 0.1) is 57.2 Å². The largest absolute Gasteiger partial charge is 0.497 e. The Balaban J connectivity index is 0.000000119. The number of nitrogens with one attached hydrogen (secondary N) is 5. The quantitative estimate of drug-likeness (QED) is 0.0236. The van der Waals surface area contributed by atoms with Gasteiger partial charge in [0, 0.05) is 130 Å². The van der Waals surface area contributed by atoms with Gasteiger partial charge < -0.3 is 67.6 Å². The lowest BCUT2D eigenvalue weighted by molar-refractivity contribution is -0.384. The number of para-hydroxylation sites is 1. The van der Waals surface area contributed by atoms with E-state index >= 15 is 0 Å². The first-order valence-corrected chi connectivity index (χ1v) is 42.5. The van der Waals surface area contributed by atoms with E-state index in [1.54, 1.807) is 132 Å². The van der Waals surface area contributed by atoms with Crippen molar-refractivity contribution in [1.82, 2.24) is 74.8 Å². The van der Waals surface area contributed by atoms with Crippen LogP contribution in [-0.2, 0) is 6.61 Å². The van der Waals surface area contributed by atoms with E-state index in [-0.39, 0.29) is 5.69 Å². The lowest BCUT2D eigenvalue weighted by Crippen LogP contribution is -1.99. The van der Waals surface area contributed by atoms with Crippen LogP contribution in [0.5, 0.6) is 23.0 Å². The Labute approximate surface area is 783 Å². The molecule has 11 aromatic carbocycles. The molecule has 0 fully saturated rings. The average Bonchev–Trinajstić information content (AvgIpc) is 1.74. The van der Waals surface area contributed by atoms with Gasteiger partial charge >= 0.3 is 0 Å². The molecule has 0 unspecified atom stereocenters. The van der Waals surface area contributed by atoms with E-state index in [0.717, 1.165) is 67.6 Å². The zero-order valence-corrected chi connectivity index (χ0v) is 73.4. The zero-order valence-electron chi connectivity index (χ0n) is 73.4. The fourth-order valence-electron chi connectivity index (χ4n) is 13.1. The number of rotatable bonds is 27. The molecule has 10 heterocycles. The Morgan fingerprint density at radius 3 is 0.839 bits per heavy atom. The lowest BCUT2D eigenvalue weighted by Gasteiger charge is -2.10. The normalized spacial score (nSPS) is 10.5. The summed E-state index contributed by atoms with van der Waals surface area (Å²) in [7, 11) is 4.83. The molecule has 0 aliphatic carbocycles. The summed E-state index contributed by atoms with van der Waals surface area (Å²) < 4.78 is 51.0. The van der Waals surface area contributed by atoms with Crippen molar-refractivity contribution in [3.8, 4) is 138 Å². The van der Waals surface area contributed by atoms with Crippen LogP contribution in [0, 0.1) is 10.1 Å². The van der Waals surface area contributed by atoms with Crippen molar-refractivity contribution in [2.75, 3.05) is 47.9 Å². The third-order valence-corrected chi connectivity index (χ3v) is 19.8. The van der Waals surface area contributed by atoms with Crippen molar-refractivity contribution in [2.24, 2.45) is 0 Å². The minimum Gasteiger partial charge on any atom is -0.497 e. The molecule has 0 bridgehead atoms. The van der Waals surface area contributed by atoms with Gasteiger partial charge in [-0.15, -0.1) is 0 Å². The number of non-ortho nitro benzene ring substituents is 1. The summed E-state index contributed by atoms with van der Waals surface area (Å²) in [6.07, 6.45) is 16.6. The molecule has 0 spiro atoms. The van der Waals surface area contributed by atoms with Crippen LogP contribution in [0.4, 0.5) is 63.9 Å². The predicted molar refractivity (Wildman–Crippen MR) is 521 cm³/mol. The van der Waals surface area contributed by atoms with E-state index in [2.05, 4.69) is 101 Å². The number of methoxy groups -OCH3 is 3. The molecular formula is C105H81N21O11. The molecule has 0 saturated carbocycles. The van der Waals surface area contributed by atoms with Crippen LogP contribution in [0.2, 0.25) is 0 Å². The van der Waals surface area contributed by atoms with Gasteiger partial charge in [-0.25, -0.2) is 74.8 Å². The van der Waals surface area contributed by atoms with Crippen LogP contribution in [0.25, 0.3) is 115 Å².